The number of hydrogen-bond acceptors (Lipinski definition) is 0. The van der Waals surface area contributed by atoms with E-state index in [4.69, 9.17) is 0 Å². The summed E-state index contributed by atoms with van der Waals surface area (Å²) in [7, 11) is 0. The van der Waals surface area contributed by atoms with Crippen molar-refractivity contribution >= 4 is 0 Å². The number of rotatable bonds is 1. The molecular formula is C14H17Li. The third-order valence-corrected chi connectivity index (χ3v) is 3.11. The van der Waals surface area contributed by atoms with Gasteiger partial charge in [0.25, 0.3) is 0 Å². The van der Waals surface area contributed by atoms with E-state index in [-0.39, 0.29) is 18.9 Å². The van der Waals surface area contributed by atoms with Crippen LogP contribution >= 0.6 is 0 Å². The maximum Gasteiger partial charge on any atom is 1.00 e. The van der Waals surface area contributed by atoms with Crippen molar-refractivity contribution in [3.63, 3.8) is 0 Å². The van der Waals surface area contributed by atoms with Crippen molar-refractivity contribution in [3.05, 3.63) is 47.5 Å². The summed E-state index contributed by atoms with van der Waals surface area (Å²) in [6.07, 6.45) is 7.40. The van der Waals surface area contributed by atoms with Gasteiger partial charge in [0.15, 0.2) is 0 Å². The molecular weight excluding hydrogens is 175 g/mol. The summed E-state index contributed by atoms with van der Waals surface area (Å²) in [6.45, 7) is 4.65. The monoisotopic (exact) mass is 192 g/mol. The van der Waals surface area contributed by atoms with Crippen molar-refractivity contribution in [2.45, 2.75) is 33.1 Å². The number of hydrogen-bond donors (Lipinski definition) is 0. The van der Waals surface area contributed by atoms with E-state index < -0.39 is 0 Å². The third-order valence-electron chi connectivity index (χ3n) is 3.11. The normalized spacial score (nSPS) is 21.3. The van der Waals surface area contributed by atoms with Gasteiger partial charge in [-0.25, -0.2) is 0 Å². The zero-order valence-corrected chi connectivity index (χ0v) is 10.0. The standard InChI is InChI=1S/C14H17.Li/c1-14(2)10-6-9-13(14)11-12-7-4-3-5-8-12;/h3-5,7-8H,6,9-10H2,1-2H3;/q-1;+1. The van der Waals surface area contributed by atoms with E-state index >= 15 is 0 Å². The minimum absolute atomic E-state index is 0. The number of benzene rings is 1. The largest absolute Gasteiger partial charge is 1.00 e. The predicted molar refractivity (Wildman–Crippen MR) is 59.9 cm³/mol. The van der Waals surface area contributed by atoms with Crippen molar-refractivity contribution in [1.82, 2.24) is 0 Å². The molecule has 0 N–H and O–H groups in total. The maximum atomic E-state index is 3.55. The molecule has 0 atom stereocenters. The molecule has 74 valence electrons. The molecule has 0 amide bonds. The zero-order chi connectivity index (χ0) is 10.0. The molecule has 0 spiro atoms. The topological polar surface area (TPSA) is 0 Å². The van der Waals surface area contributed by atoms with E-state index in [9.17, 15) is 0 Å². The molecule has 0 bridgehead atoms. The first-order valence-electron chi connectivity index (χ1n) is 5.37. The second-order valence-corrected chi connectivity index (χ2v) is 4.71. The molecule has 0 nitrogen and oxygen atoms in total. The SMILES string of the molecule is CC1(C)CCCC1=[C-]c1ccccc1.[Li+]. The summed E-state index contributed by atoms with van der Waals surface area (Å²) in [5.41, 5.74) is 3.08. The summed E-state index contributed by atoms with van der Waals surface area (Å²) < 4.78 is 0. The maximum absolute atomic E-state index is 3.55. The van der Waals surface area contributed by atoms with Crippen molar-refractivity contribution in [1.29, 1.82) is 0 Å². The molecule has 0 aliphatic heterocycles. The van der Waals surface area contributed by atoms with Crippen LogP contribution in [0.2, 0.25) is 0 Å². The molecule has 0 aromatic heterocycles. The average molecular weight is 192 g/mol. The fourth-order valence-electron chi connectivity index (χ4n) is 2.12. The smallest absolute Gasteiger partial charge is 0.193 e. The zero-order valence-electron chi connectivity index (χ0n) is 10.0. The van der Waals surface area contributed by atoms with E-state index in [1.165, 1.54) is 30.4 Å². The molecule has 0 heterocycles. The molecule has 0 radical (unpaired) electrons. The van der Waals surface area contributed by atoms with Gasteiger partial charge in [0.05, 0.1) is 0 Å². The fourth-order valence-corrected chi connectivity index (χ4v) is 2.12. The molecule has 0 saturated heterocycles. The quantitative estimate of drug-likeness (QED) is 0.459. The summed E-state index contributed by atoms with van der Waals surface area (Å²) in [5, 5.41) is 0. The Morgan fingerprint density at radius 1 is 1.13 bits per heavy atom. The van der Waals surface area contributed by atoms with Gasteiger partial charge in [-0.3, -0.25) is 0 Å². The summed E-state index contributed by atoms with van der Waals surface area (Å²) in [5.74, 6) is 0. The molecule has 1 aliphatic carbocycles. The Balaban J connectivity index is 0.00000112. The van der Waals surface area contributed by atoms with E-state index in [1.54, 1.807) is 0 Å². The van der Waals surface area contributed by atoms with E-state index in [0.29, 0.717) is 5.41 Å². The van der Waals surface area contributed by atoms with Crippen LogP contribution in [0.15, 0.2) is 35.9 Å². The molecule has 1 aromatic carbocycles. The van der Waals surface area contributed by atoms with E-state index in [1.807, 2.05) is 0 Å². The van der Waals surface area contributed by atoms with Gasteiger partial charge in [-0.15, -0.1) is 17.7 Å². The molecule has 1 heteroatoms. The summed E-state index contributed by atoms with van der Waals surface area (Å²) in [6, 6.07) is 10.5. The van der Waals surface area contributed by atoms with Crippen LogP contribution in [0.1, 0.15) is 38.7 Å². The van der Waals surface area contributed by atoms with Gasteiger partial charge < -0.3 is 0 Å². The minimum Gasteiger partial charge on any atom is -0.193 e. The van der Waals surface area contributed by atoms with E-state index in [2.05, 4.69) is 50.3 Å². The Labute approximate surface area is 105 Å². The Morgan fingerprint density at radius 2 is 1.80 bits per heavy atom. The Morgan fingerprint density at radius 3 is 2.33 bits per heavy atom. The van der Waals surface area contributed by atoms with Crippen molar-refractivity contribution in [3.8, 4) is 0 Å². The van der Waals surface area contributed by atoms with Gasteiger partial charge in [-0.2, -0.15) is 23.8 Å². The van der Waals surface area contributed by atoms with Crippen LogP contribution in [0.5, 0.6) is 0 Å². The van der Waals surface area contributed by atoms with Gasteiger partial charge in [-0.05, 0) is 24.7 Å². The Hall–Kier alpha value is -0.443. The van der Waals surface area contributed by atoms with Crippen molar-refractivity contribution in [2.24, 2.45) is 5.41 Å². The molecule has 1 saturated carbocycles. The molecule has 2 rings (SSSR count). The van der Waals surface area contributed by atoms with Crippen LogP contribution in [0, 0.1) is 11.5 Å². The first kappa shape index (κ1) is 12.6. The number of allylic oxidation sites excluding steroid dienone is 1. The molecule has 15 heavy (non-hydrogen) atoms. The Bertz CT molecular complexity index is 336. The molecule has 0 unspecified atom stereocenters. The van der Waals surface area contributed by atoms with Gasteiger partial charge >= 0.3 is 18.9 Å². The van der Waals surface area contributed by atoms with Crippen LogP contribution in [0.3, 0.4) is 0 Å². The first-order valence-corrected chi connectivity index (χ1v) is 5.37. The van der Waals surface area contributed by atoms with Gasteiger partial charge in [0.1, 0.15) is 0 Å². The van der Waals surface area contributed by atoms with Gasteiger partial charge in [-0.1, -0.05) is 19.9 Å². The first-order chi connectivity index (χ1) is 6.68. The van der Waals surface area contributed by atoms with Crippen molar-refractivity contribution < 1.29 is 18.9 Å². The second kappa shape index (κ2) is 5.06. The van der Waals surface area contributed by atoms with Gasteiger partial charge in [0, 0.05) is 0 Å². The van der Waals surface area contributed by atoms with Crippen LogP contribution in [-0.4, -0.2) is 0 Å². The van der Waals surface area contributed by atoms with Crippen LogP contribution in [0.4, 0.5) is 0 Å². The van der Waals surface area contributed by atoms with E-state index in [0.717, 1.165) is 0 Å². The van der Waals surface area contributed by atoms with Crippen LogP contribution in [-0.2, 0) is 0 Å². The Kier molecular flexibility index (Phi) is 4.26. The summed E-state index contributed by atoms with van der Waals surface area (Å²) in [4.78, 5) is 0. The predicted octanol–water partition coefficient (Wildman–Crippen LogP) is 0.978. The fraction of sp³-hybridized carbons (Fsp3) is 0.429. The van der Waals surface area contributed by atoms with Crippen molar-refractivity contribution in [2.75, 3.05) is 0 Å². The van der Waals surface area contributed by atoms with Crippen LogP contribution in [0.25, 0.3) is 0 Å². The second-order valence-electron chi connectivity index (χ2n) is 4.71. The third kappa shape index (κ3) is 3.00. The average Bonchev–Trinajstić information content (AvgIpc) is 2.48. The summed E-state index contributed by atoms with van der Waals surface area (Å²) >= 11 is 0. The molecule has 1 aromatic rings. The molecule has 1 aliphatic rings. The minimum atomic E-state index is 0. The van der Waals surface area contributed by atoms with Gasteiger partial charge in [0.2, 0.25) is 0 Å². The molecule has 1 fully saturated rings. The van der Waals surface area contributed by atoms with Crippen LogP contribution < -0.4 is 18.9 Å².